The zero-order chi connectivity index (χ0) is 24.1. The zero-order valence-corrected chi connectivity index (χ0v) is 22.5. The van der Waals surface area contributed by atoms with Crippen LogP contribution in [0.25, 0.3) is 0 Å². The number of aromatic nitrogens is 2. The second-order valence-electron chi connectivity index (χ2n) is 8.02. The van der Waals surface area contributed by atoms with Gasteiger partial charge >= 0.3 is 6.01 Å². The van der Waals surface area contributed by atoms with Gasteiger partial charge in [0.15, 0.2) is 0 Å². The number of methoxy groups -OCH3 is 1. The molecule has 35 heavy (non-hydrogen) atoms. The summed E-state index contributed by atoms with van der Waals surface area (Å²) in [6.45, 7) is 2.45. The van der Waals surface area contributed by atoms with E-state index in [1.165, 1.54) is 13.3 Å². The first-order valence-electron chi connectivity index (χ1n) is 11.0. The van der Waals surface area contributed by atoms with Crippen molar-refractivity contribution in [2.24, 2.45) is 0 Å². The number of hydrogen-bond donors (Lipinski definition) is 1. The highest BCUT2D eigenvalue weighted by Crippen LogP contribution is 2.33. The molecule has 1 aliphatic heterocycles. The lowest BCUT2D eigenvalue weighted by atomic mass is 10.1. The summed E-state index contributed by atoms with van der Waals surface area (Å²) in [5.74, 6) is 1.08. The first-order valence-corrected chi connectivity index (χ1v) is 12.3. The molecule has 3 aromatic rings. The summed E-state index contributed by atoms with van der Waals surface area (Å²) < 4.78 is 11.4. The average molecular weight is 536 g/mol. The molecule has 8 nitrogen and oxygen atoms in total. The second kappa shape index (κ2) is 12.4. The van der Waals surface area contributed by atoms with E-state index in [0.29, 0.717) is 41.8 Å². The van der Waals surface area contributed by atoms with Crippen LogP contribution in [0, 0.1) is 0 Å². The van der Waals surface area contributed by atoms with Gasteiger partial charge in [-0.1, -0.05) is 23.7 Å². The lowest BCUT2D eigenvalue weighted by Gasteiger charge is -2.22. The van der Waals surface area contributed by atoms with Gasteiger partial charge in [-0.05, 0) is 42.7 Å². The standard InChI is InChI=1S/C24H28ClN5O3S.H2S/c1-26-9-8-20(21-5-4-12-34-21)33-19-7-6-16(13-18(19)25)15-30-11-10-29(2)22-17(23(30)31)14-27-24(28-22)32-3;/h4-7,12-14,20,26H,8-11,15H2,1-3H3;1H2/t20-;/m0./s1. The minimum Gasteiger partial charge on any atom is -0.483 e. The Kier molecular flexibility index (Phi) is 9.62. The predicted octanol–water partition coefficient (Wildman–Crippen LogP) is 4.13. The Bertz CT molecular complexity index is 1130. The van der Waals surface area contributed by atoms with Crippen molar-refractivity contribution in [1.29, 1.82) is 0 Å². The second-order valence-corrected chi connectivity index (χ2v) is 9.41. The monoisotopic (exact) mass is 535 g/mol. The van der Waals surface area contributed by atoms with E-state index in [9.17, 15) is 4.79 Å². The van der Waals surface area contributed by atoms with Crippen molar-refractivity contribution in [3.05, 3.63) is 62.9 Å². The van der Waals surface area contributed by atoms with Crippen LogP contribution in [0.1, 0.15) is 33.3 Å². The van der Waals surface area contributed by atoms with Gasteiger partial charge in [0.25, 0.3) is 5.91 Å². The molecule has 0 radical (unpaired) electrons. The fourth-order valence-corrected chi connectivity index (χ4v) is 4.85. The Hall–Kier alpha value is -2.53. The minimum absolute atomic E-state index is 0. The number of carbonyl (C=O) groups is 1. The molecule has 1 amide bonds. The normalized spacial score (nSPS) is 14.1. The summed E-state index contributed by atoms with van der Waals surface area (Å²) in [7, 11) is 5.34. The summed E-state index contributed by atoms with van der Waals surface area (Å²) in [5.41, 5.74) is 1.38. The van der Waals surface area contributed by atoms with Crippen LogP contribution in [-0.2, 0) is 6.54 Å². The molecule has 0 bridgehead atoms. The first kappa shape index (κ1) is 27.1. The molecule has 2 aromatic heterocycles. The van der Waals surface area contributed by atoms with Gasteiger partial charge in [0.05, 0.1) is 12.1 Å². The van der Waals surface area contributed by atoms with Gasteiger partial charge in [-0.2, -0.15) is 18.5 Å². The van der Waals surface area contributed by atoms with E-state index in [0.717, 1.165) is 23.4 Å². The van der Waals surface area contributed by atoms with Crippen LogP contribution in [0.2, 0.25) is 5.02 Å². The summed E-state index contributed by atoms with van der Waals surface area (Å²) >= 11 is 8.28. The zero-order valence-electron chi connectivity index (χ0n) is 20.0. The average Bonchev–Trinajstić information content (AvgIpc) is 3.36. The molecular formula is C24H30ClN5O3S2. The van der Waals surface area contributed by atoms with Gasteiger partial charge in [-0.15, -0.1) is 11.3 Å². The van der Waals surface area contributed by atoms with Crippen LogP contribution < -0.4 is 19.7 Å². The van der Waals surface area contributed by atoms with Crippen molar-refractivity contribution < 1.29 is 14.3 Å². The molecule has 1 aromatic carbocycles. The van der Waals surface area contributed by atoms with Gasteiger partial charge in [0, 0.05) is 44.2 Å². The van der Waals surface area contributed by atoms with Crippen molar-refractivity contribution in [3.8, 4) is 11.8 Å². The number of likely N-dealkylation sites (N-methyl/N-ethyl adjacent to an activating group) is 1. The molecule has 3 heterocycles. The third-order valence-corrected chi connectivity index (χ3v) is 6.93. The molecule has 0 unspecified atom stereocenters. The van der Waals surface area contributed by atoms with Crippen LogP contribution in [0.5, 0.6) is 11.8 Å². The number of amides is 1. The van der Waals surface area contributed by atoms with E-state index in [1.54, 1.807) is 16.2 Å². The molecule has 188 valence electrons. The predicted molar refractivity (Wildman–Crippen MR) is 145 cm³/mol. The number of fused-ring (bicyclic) bond motifs is 1. The molecule has 1 atom stereocenters. The molecule has 0 fully saturated rings. The van der Waals surface area contributed by atoms with E-state index in [-0.39, 0.29) is 31.5 Å². The third kappa shape index (κ3) is 6.38. The maximum absolute atomic E-state index is 13.2. The number of nitrogens with one attached hydrogen (secondary N) is 1. The Morgan fingerprint density at radius 3 is 2.80 bits per heavy atom. The van der Waals surface area contributed by atoms with Crippen LogP contribution in [0.15, 0.2) is 41.9 Å². The Morgan fingerprint density at radius 1 is 1.29 bits per heavy atom. The van der Waals surface area contributed by atoms with Crippen molar-refractivity contribution in [1.82, 2.24) is 20.2 Å². The smallest absolute Gasteiger partial charge is 0.318 e. The molecule has 0 saturated heterocycles. The number of nitrogens with zero attached hydrogens (tertiary/aromatic N) is 4. The quantitative estimate of drug-likeness (QED) is 0.441. The molecule has 4 rings (SSSR count). The first-order chi connectivity index (χ1) is 16.5. The number of anilines is 1. The van der Waals surface area contributed by atoms with E-state index in [1.807, 2.05) is 48.6 Å². The van der Waals surface area contributed by atoms with Crippen LogP contribution in [-0.4, -0.2) is 61.6 Å². The highest BCUT2D eigenvalue weighted by molar-refractivity contribution is 7.59. The van der Waals surface area contributed by atoms with Crippen molar-refractivity contribution in [3.63, 3.8) is 0 Å². The van der Waals surface area contributed by atoms with E-state index >= 15 is 0 Å². The molecule has 1 aliphatic rings. The molecular weight excluding hydrogens is 506 g/mol. The van der Waals surface area contributed by atoms with Crippen LogP contribution >= 0.6 is 36.4 Å². The third-order valence-electron chi connectivity index (χ3n) is 5.67. The summed E-state index contributed by atoms with van der Waals surface area (Å²) in [6.07, 6.45) is 2.28. The van der Waals surface area contributed by atoms with Gasteiger partial charge in [0.1, 0.15) is 23.2 Å². The fourth-order valence-electron chi connectivity index (χ4n) is 3.82. The number of benzene rings is 1. The van der Waals surface area contributed by atoms with Gasteiger partial charge in [-0.3, -0.25) is 4.79 Å². The fraction of sp³-hybridized carbons (Fsp3) is 0.375. The number of hydrogen-bond acceptors (Lipinski definition) is 8. The molecule has 0 aliphatic carbocycles. The number of ether oxygens (including phenoxy) is 2. The number of carbonyl (C=O) groups excluding carboxylic acids is 1. The highest BCUT2D eigenvalue weighted by Gasteiger charge is 2.27. The SMILES string of the molecule is CNCC[C@H](Oc1ccc(CN2CCN(C)c3nc(OC)ncc3C2=O)cc1Cl)c1cccs1.S. The topological polar surface area (TPSA) is 79.8 Å². The largest absolute Gasteiger partial charge is 0.483 e. The van der Waals surface area contributed by atoms with Crippen molar-refractivity contribution in [2.75, 3.05) is 45.7 Å². The lowest BCUT2D eigenvalue weighted by Crippen LogP contribution is -2.33. The van der Waals surface area contributed by atoms with Crippen LogP contribution in [0.4, 0.5) is 5.82 Å². The van der Waals surface area contributed by atoms with Crippen molar-refractivity contribution in [2.45, 2.75) is 19.1 Å². The Balaban J connectivity index is 0.00000342. The Labute approximate surface area is 221 Å². The van der Waals surface area contributed by atoms with E-state index in [4.69, 9.17) is 21.1 Å². The molecule has 1 N–H and O–H groups in total. The van der Waals surface area contributed by atoms with Crippen LogP contribution in [0.3, 0.4) is 0 Å². The number of rotatable bonds is 9. The summed E-state index contributed by atoms with van der Waals surface area (Å²) in [6, 6.07) is 10.0. The molecule has 11 heteroatoms. The lowest BCUT2D eigenvalue weighted by molar-refractivity contribution is 0.0754. The maximum Gasteiger partial charge on any atom is 0.318 e. The van der Waals surface area contributed by atoms with Gasteiger partial charge < -0.3 is 24.6 Å². The van der Waals surface area contributed by atoms with Gasteiger partial charge in [0.2, 0.25) is 0 Å². The molecule has 0 spiro atoms. The summed E-state index contributed by atoms with van der Waals surface area (Å²) in [5, 5.41) is 5.75. The number of thiophene rings is 1. The van der Waals surface area contributed by atoms with Gasteiger partial charge in [-0.25, -0.2) is 4.98 Å². The highest BCUT2D eigenvalue weighted by atomic mass is 35.5. The Morgan fingerprint density at radius 2 is 2.11 bits per heavy atom. The van der Waals surface area contributed by atoms with E-state index < -0.39 is 0 Å². The van der Waals surface area contributed by atoms with Crippen molar-refractivity contribution >= 4 is 48.2 Å². The summed E-state index contributed by atoms with van der Waals surface area (Å²) in [4.78, 5) is 26.6. The molecule has 0 saturated carbocycles. The van der Waals surface area contributed by atoms with E-state index in [2.05, 4.69) is 21.4 Å². The maximum atomic E-state index is 13.2. The minimum atomic E-state index is -0.122. The number of halogens is 1.